The lowest BCUT2D eigenvalue weighted by atomic mass is 9.86. The monoisotopic (exact) mass is 561 g/mol. The van der Waals surface area contributed by atoms with Gasteiger partial charge in [0.25, 0.3) is 5.91 Å². The molecule has 0 aliphatic carbocycles. The molecule has 0 spiro atoms. The number of halogens is 3. The first-order chi connectivity index (χ1) is 19.1. The maximum atomic E-state index is 13.1. The van der Waals surface area contributed by atoms with Gasteiger partial charge in [0.15, 0.2) is 0 Å². The van der Waals surface area contributed by atoms with Crippen LogP contribution in [0.5, 0.6) is 5.75 Å². The van der Waals surface area contributed by atoms with Crippen LogP contribution in [-0.2, 0) is 6.18 Å². The lowest BCUT2D eigenvalue weighted by Crippen LogP contribution is -2.57. The molecule has 1 amide bonds. The number of carbonyl (C=O) groups is 1. The molecule has 1 unspecified atom stereocenters. The van der Waals surface area contributed by atoms with Crippen molar-refractivity contribution in [3.05, 3.63) is 64.2 Å². The average Bonchev–Trinajstić information content (AvgIpc) is 2.94. The van der Waals surface area contributed by atoms with Crippen LogP contribution in [0.4, 0.5) is 13.2 Å². The Kier molecular flexibility index (Phi) is 10.1. The SMILES string of the molecule is Cc1c(OCCCCN(C)CCO)ccc(C2CCC[C@H]3CN(C(=O)c4ccc(C(F)(F)F)cc4)CCN23)c1C. The van der Waals surface area contributed by atoms with Crippen LogP contribution >= 0.6 is 0 Å². The number of likely N-dealkylation sites (N-methyl/N-ethyl adjacent to an activating group) is 1. The minimum atomic E-state index is -4.41. The summed E-state index contributed by atoms with van der Waals surface area (Å²) in [6.45, 7) is 8.62. The molecule has 6 nitrogen and oxygen atoms in total. The van der Waals surface area contributed by atoms with E-state index in [9.17, 15) is 18.0 Å². The summed E-state index contributed by atoms with van der Waals surface area (Å²) in [7, 11) is 2.01. The Bertz CT molecular complexity index is 1140. The highest BCUT2D eigenvalue weighted by molar-refractivity contribution is 5.94. The minimum absolute atomic E-state index is 0.177. The third kappa shape index (κ3) is 7.17. The second-order valence-corrected chi connectivity index (χ2v) is 11.2. The molecular weight excluding hydrogens is 519 g/mol. The number of piperazine rings is 1. The highest BCUT2D eigenvalue weighted by atomic mass is 19.4. The Morgan fingerprint density at radius 1 is 1.02 bits per heavy atom. The fourth-order valence-corrected chi connectivity index (χ4v) is 6.03. The number of unbranched alkanes of at least 4 members (excludes halogenated alkanes) is 1. The van der Waals surface area contributed by atoms with Crippen molar-refractivity contribution in [3.8, 4) is 5.75 Å². The van der Waals surface area contributed by atoms with E-state index in [1.807, 2.05) is 7.05 Å². The second-order valence-electron chi connectivity index (χ2n) is 11.2. The largest absolute Gasteiger partial charge is 0.493 e. The first-order valence-corrected chi connectivity index (χ1v) is 14.3. The van der Waals surface area contributed by atoms with Gasteiger partial charge in [0.05, 0.1) is 18.8 Å². The summed E-state index contributed by atoms with van der Waals surface area (Å²) in [6.07, 6.45) is 0.684. The van der Waals surface area contributed by atoms with Gasteiger partial charge in [0.1, 0.15) is 5.75 Å². The molecule has 2 heterocycles. The summed E-state index contributed by atoms with van der Waals surface area (Å²) in [6, 6.07) is 9.32. The summed E-state index contributed by atoms with van der Waals surface area (Å²) >= 11 is 0. The van der Waals surface area contributed by atoms with Gasteiger partial charge in [0, 0.05) is 43.8 Å². The van der Waals surface area contributed by atoms with E-state index in [-0.39, 0.29) is 24.6 Å². The molecule has 0 saturated carbocycles. The summed E-state index contributed by atoms with van der Waals surface area (Å²) in [5.41, 5.74) is 3.27. The molecule has 0 aromatic heterocycles. The number of benzene rings is 2. The molecule has 0 bridgehead atoms. The summed E-state index contributed by atoms with van der Waals surface area (Å²) < 4.78 is 44.9. The molecule has 2 atom stereocenters. The molecule has 2 aromatic carbocycles. The topological polar surface area (TPSA) is 56.3 Å². The first kappa shape index (κ1) is 30.3. The van der Waals surface area contributed by atoms with Gasteiger partial charge in [-0.05, 0) is 107 Å². The molecule has 2 aromatic rings. The Morgan fingerprint density at radius 2 is 1.77 bits per heavy atom. The lowest BCUT2D eigenvalue weighted by Gasteiger charge is -2.49. The third-order valence-corrected chi connectivity index (χ3v) is 8.50. The standard InChI is InChI=1S/C31H42F3N3O3/c1-22-23(2)29(40-20-5-4-15-35(3)18-19-38)14-13-27(22)28-8-6-7-26-21-36(16-17-37(26)28)30(39)24-9-11-25(12-10-24)31(32,33)34/h9-14,26,28,38H,4-8,15-21H2,1-3H3/t26-,28?/m0/s1. The van der Waals surface area contributed by atoms with Crippen LogP contribution in [0, 0.1) is 13.8 Å². The van der Waals surface area contributed by atoms with Crippen LogP contribution in [0.15, 0.2) is 36.4 Å². The number of hydrogen-bond donors (Lipinski definition) is 1. The van der Waals surface area contributed by atoms with Gasteiger partial charge in [-0.2, -0.15) is 13.2 Å². The van der Waals surface area contributed by atoms with E-state index in [0.29, 0.717) is 31.8 Å². The number of aliphatic hydroxyl groups is 1. The quantitative estimate of drug-likeness (QED) is 0.391. The van der Waals surface area contributed by atoms with Gasteiger partial charge in [-0.1, -0.05) is 6.07 Å². The highest BCUT2D eigenvalue weighted by Crippen LogP contribution is 2.40. The Morgan fingerprint density at radius 3 is 2.48 bits per heavy atom. The molecule has 2 saturated heterocycles. The molecule has 9 heteroatoms. The van der Waals surface area contributed by atoms with Crippen LogP contribution in [0.2, 0.25) is 0 Å². The average molecular weight is 562 g/mol. The molecule has 40 heavy (non-hydrogen) atoms. The highest BCUT2D eigenvalue weighted by Gasteiger charge is 2.38. The number of rotatable bonds is 10. The first-order valence-electron chi connectivity index (χ1n) is 14.3. The fourth-order valence-electron chi connectivity index (χ4n) is 6.03. The van der Waals surface area contributed by atoms with Gasteiger partial charge >= 0.3 is 6.18 Å². The van der Waals surface area contributed by atoms with Gasteiger partial charge in [0.2, 0.25) is 0 Å². The number of aliphatic hydroxyl groups excluding tert-OH is 1. The number of fused-ring (bicyclic) bond motifs is 1. The van der Waals surface area contributed by atoms with Crippen molar-refractivity contribution in [3.63, 3.8) is 0 Å². The molecule has 0 radical (unpaired) electrons. The predicted molar refractivity (Wildman–Crippen MR) is 150 cm³/mol. The third-order valence-electron chi connectivity index (χ3n) is 8.50. The zero-order chi connectivity index (χ0) is 28.9. The van der Waals surface area contributed by atoms with Crippen molar-refractivity contribution in [2.45, 2.75) is 64.2 Å². The van der Waals surface area contributed by atoms with Gasteiger partial charge < -0.3 is 19.6 Å². The summed E-state index contributed by atoms with van der Waals surface area (Å²) in [5.74, 6) is 0.716. The Balaban J connectivity index is 1.36. The van der Waals surface area contributed by atoms with Crippen LogP contribution in [-0.4, -0.2) is 84.7 Å². The molecule has 4 rings (SSSR count). The number of alkyl halides is 3. The zero-order valence-electron chi connectivity index (χ0n) is 23.8. The van der Waals surface area contributed by atoms with E-state index in [4.69, 9.17) is 9.84 Å². The smallest absolute Gasteiger partial charge is 0.416 e. The van der Waals surface area contributed by atoms with Crippen LogP contribution < -0.4 is 4.74 Å². The molecule has 2 fully saturated rings. The minimum Gasteiger partial charge on any atom is -0.493 e. The van der Waals surface area contributed by atoms with Crippen molar-refractivity contribution in [1.29, 1.82) is 0 Å². The lowest BCUT2D eigenvalue weighted by molar-refractivity contribution is -0.137. The molecule has 2 aliphatic heterocycles. The predicted octanol–water partition coefficient (Wildman–Crippen LogP) is 5.46. The van der Waals surface area contributed by atoms with Gasteiger partial charge in [-0.15, -0.1) is 0 Å². The summed E-state index contributed by atoms with van der Waals surface area (Å²) in [4.78, 5) is 19.5. The van der Waals surface area contributed by atoms with Crippen molar-refractivity contribution < 1.29 is 27.8 Å². The van der Waals surface area contributed by atoms with Crippen LogP contribution in [0.3, 0.4) is 0 Å². The van der Waals surface area contributed by atoms with E-state index in [1.54, 1.807) is 4.90 Å². The number of ether oxygens (including phenoxy) is 1. The van der Waals surface area contributed by atoms with Crippen molar-refractivity contribution in [2.75, 3.05) is 53.0 Å². The van der Waals surface area contributed by atoms with Gasteiger partial charge in [-0.3, -0.25) is 9.69 Å². The van der Waals surface area contributed by atoms with E-state index in [2.05, 4.69) is 35.8 Å². The molecular formula is C31H42F3N3O3. The number of nitrogens with zero attached hydrogens (tertiary/aromatic N) is 3. The fraction of sp³-hybridized carbons (Fsp3) is 0.581. The normalized spacial score (nSPS) is 20.1. The number of hydrogen-bond acceptors (Lipinski definition) is 5. The van der Waals surface area contributed by atoms with Crippen LogP contribution in [0.1, 0.15) is 70.8 Å². The zero-order valence-corrected chi connectivity index (χ0v) is 23.8. The Labute approximate surface area is 235 Å². The van der Waals surface area contributed by atoms with E-state index >= 15 is 0 Å². The molecule has 2 aliphatic rings. The van der Waals surface area contributed by atoms with Gasteiger partial charge in [-0.25, -0.2) is 0 Å². The maximum Gasteiger partial charge on any atom is 0.416 e. The van der Waals surface area contributed by atoms with E-state index in [0.717, 1.165) is 68.6 Å². The number of amides is 1. The summed E-state index contributed by atoms with van der Waals surface area (Å²) in [5, 5.41) is 9.02. The van der Waals surface area contributed by atoms with Crippen molar-refractivity contribution in [1.82, 2.24) is 14.7 Å². The number of piperidine rings is 1. The van der Waals surface area contributed by atoms with Crippen molar-refractivity contribution in [2.24, 2.45) is 0 Å². The van der Waals surface area contributed by atoms with Crippen LogP contribution in [0.25, 0.3) is 0 Å². The Hall–Kier alpha value is -2.62. The van der Waals surface area contributed by atoms with E-state index in [1.165, 1.54) is 23.3 Å². The van der Waals surface area contributed by atoms with Crippen molar-refractivity contribution >= 4 is 5.91 Å². The van der Waals surface area contributed by atoms with E-state index < -0.39 is 11.7 Å². The molecule has 1 N–H and O–H groups in total. The maximum absolute atomic E-state index is 13.1. The second kappa shape index (κ2) is 13.4. The molecule has 220 valence electrons. The number of carbonyl (C=O) groups excluding carboxylic acids is 1.